The molecule has 0 saturated heterocycles. The molecule has 2 aromatic carbocycles. The zero-order chi connectivity index (χ0) is 14.7. The predicted octanol–water partition coefficient (Wildman–Crippen LogP) is 4.45. The lowest BCUT2D eigenvalue weighted by Crippen LogP contribution is -2.02. The lowest BCUT2D eigenvalue weighted by atomic mass is 10.2. The molecular formula is C17H17N3S. The smallest absolute Gasteiger partial charge is 0.162 e. The maximum Gasteiger partial charge on any atom is 0.162 e. The van der Waals surface area contributed by atoms with E-state index in [0.29, 0.717) is 0 Å². The average Bonchev–Trinajstić information content (AvgIpc) is 2.55. The van der Waals surface area contributed by atoms with Crippen LogP contribution in [-0.4, -0.2) is 22.8 Å². The lowest BCUT2D eigenvalue weighted by molar-refractivity contribution is 1.14. The van der Waals surface area contributed by atoms with Gasteiger partial charge >= 0.3 is 0 Å². The molecule has 3 rings (SSSR count). The lowest BCUT2D eigenvalue weighted by Gasteiger charge is -2.09. The van der Waals surface area contributed by atoms with Gasteiger partial charge in [0.25, 0.3) is 0 Å². The predicted molar refractivity (Wildman–Crippen MR) is 90.9 cm³/mol. The zero-order valence-electron chi connectivity index (χ0n) is 12.1. The number of nitrogens with zero attached hydrogens (tertiary/aromatic N) is 2. The van der Waals surface area contributed by atoms with Gasteiger partial charge in [0.05, 0.1) is 5.52 Å². The van der Waals surface area contributed by atoms with E-state index >= 15 is 0 Å². The Kier molecular flexibility index (Phi) is 4.06. The van der Waals surface area contributed by atoms with Crippen molar-refractivity contribution in [1.29, 1.82) is 0 Å². The first kappa shape index (κ1) is 13.9. The second-order valence-corrected chi connectivity index (χ2v) is 5.55. The van der Waals surface area contributed by atoms with Crippen molar-refractivity contribution in [3.8, 4) is 11.4 Å². The summed E-state index contributed by atoms with van der Waals surface area (Å²) in [5.41, 5.74) is 2.00. The number of nitrogens with one attached hydrogen (secondary N) is 1. The molecule has 3 nitrogen and oxygen atoms in total. The standard InChI is InChI=1S/C17H17N3S/c1-3-18-17-14-6-4-5-7-15(14)19-16(20-17)12-8-10-13(21-2)11-9-12/h4-11H,3H2,1-2H3,(H,18,19,20). The Balaban J connectivity index is 2.13. The maximum absolute atomic E-state index is 4.69. The number of fused-ring (bicyclic) bond motifs is 1. The van der Waals surface area contributed by atoms with E-state index in [-0.39, 0.29) is 0 Å². The van der Waals surface area contributed by atoms with Gasteiger partial charge in [0.2, 0.25) is 0 Å². The van der Waals surface area contributed by atoms with Crippen LogP contribution in [0.5, 0.6) is 0 Å². The third-order valence-electron chi connectivity index (χ3n) is 3.30. The SMILES string of the molecule is CCNc1nc(-c2ccc(SC)cc2)nc2ccccc12. The van der Waals surface area contributed by atoms with E-state index in [9.17, 15) is 0 Å². The van der Waals surface area contributed by atoms with E-state index in [4.69, 9.17) is 0 Å². The molecule has 0 unspecified atom stereocenters. The largest absolute Gasteiger partial charge is 0.370 e. The number of aromatic nitrogens is 2. The molecule has 0 aliphatic rings. The summed E-state index contributed by atoms with van der Waals surface area (Å²) >= 11 is 1.73. The molecule has 4 heteroatoms. The molecule has 0 fully saturated rings. The van der Waals surface area contributed by atoms with Crippen LogP contribution in [0.4, 0.5) is 5.82 Å². The van der Waals surface area contributed by atoms with Gasteiger partial charge in [0.1, 0.15) is 5.82 Å². The third kappa shape index (κ3) is 2.85. The first-order valence-electron chi connectivity index (χ1n) is 6.97. The zero-order valence-corrected chi connectivity index (χ0v) is 12.9. The molecule has 106 valence electrons. The summed E-state index contributed by atoms with van der Waals surface area (Å²) in [5.74, 6) is 1.66. The normalized spacial score (nSPS) is 10.8. The summed E-state index contributed by atoms with van der Waals surface area (Å²) in [5, 5.41) is 4.39. The highest BCUT2D eigenvalue weighted by Gasteiger charge is 2.08. The van der Waals surface area contributed by atoms with Gasteiger partial charge in [0, 0.05) is 22.4 Å². The minimum atomic E-state index is 0.761. The van der Waals surface area contributed by atoms with Gasteiger partial charge in [-0.1, -0.05) is 24.3 Å². The summed E-state index contributed by atoms with van der Waals surface area (Å²) in [6.07, 6.45) is 2.07. The van der Waals surface area contributed by atoms with Gasteiger partial charge in [-0.3, -0.25) is 0 Å². The van der Waals surface area contributed by atoms with Crippen molar-refractivity contribution in [1.82, 2.24) is 9.97 Å². The number of thioether (sulfide) groups is 1. The van der Waals surface area contributed by atoms with Gasteiger partial charge in [-0.05, 0) is 37.4 Å². The molecule has 21 heavy (non-hydrogen) atoms. The van der Waals surface area contributed by atoms with E-state index in [2.05, 4.69) is 52.7 Å². The van der Waals surface area contributed by atoms with Crippen LogP contribution in [0.1, 0.15) is 6.92 Å². The molecule has 0 amide bonds. The molecule has 0 radical (unpaired) electrons. The Morgan fingerprint density at radius 3 is 2.48 bits per heavy atom. The molecule has 0 saturated carbocycles. The van der Waals surface area contributed by atoms with E-state index in [1.807, 2.05) is 24.3 Å². The second kappa shape index (κ2) is 6.14. The molecule has 0 aliphatic heterocycles. The van der Waals surface area contributed by atoms with Crippen molar-refractivity contribution in [2.24, 2.45) is 0 Å². The second-order valence-electron chi connectivity index (χ2n) is 4.67. The average molecular weight is 295 g/mol. The van der Waals surface area contributed by atoms with Crippen LogP contribution in [-0.2, 0) is 0 Å². The number of hydrogen-bond acceptors (Lipinski definition) is 4. The van der Waals surface area contributed by atoms with Crippen LogP contribution in [0, 0.1) is 0 Å². The Labute approximate surface area is 128 Å². The summed E-state index contributed by atoms with van der Waals surface area (Å²) in [7, 11) is 0. The van der Waals surface area contributed by atoms with Crippen molar-refractivity contribution >= 4 is 28.5 Å². The van der Waals surface area contributed by atoms with Crippen LogP contribution in [0.25, 0.3) is 22.3 Å². The first-order valence-corrected chi connectivity index (χ1v) is 8.19. The van der Waals surface area contributed by atoms with Gasteiger partial charge < -0.3 is 5.32 Å². The fraction of sp³-hybridized carbons (Fsp3) is 0.176. The molecular weight excluding hydrogens is 278 g/mol. The first-order chi connectivity index (χ1) is 10.3. The van der Waals surface area contributed by atoms with Crippen LogP contribution >= 0.6 is 11.8 Å². The van der Waals surface area contributed by atoms with Crippen LogP contribution in [0.3, 0.4) is 0 Å². The Morgan fingerprint density at radius 2 is 1.76 bits per heavy atom. The van der Waals surface area contributed by atoms with Gasteiger partial charge in [0.15, 0.2) is 5.82 Å². The highest BCUT2D eigenvalue weighted by molar-refractivity contribution is 7.98. The van der Waals surface area contributed by atoms with E-state index in [0.717, 1.165) is 34.7 Å². The summed E-state index contributed by atoms with van der Waals surface area (Å²) < 4.78 is 0. The molecule has 0 atom stereocenters. The maximum atomic E-state index is 4.69. The van der Waals surface area contributed by atoms with Crippen LogP contribution in [0.15, 0.2) is 53.4 Å². The molecule has 1 N–H and O–H groups in total. The number of benzene rings is 2. The fourth-order valence-electron chi connectivity index (χ4n) is 2.25. The molecule has 1 heterocycles. The van der Waals surface area contributed by atoms with E-state index < -0.39 is 0 Å². The van der Waals surface area contributed by atoms with Crippen molar-refractivity contribution in [2.45, 2.75) is 11.8 Å². The fourth-order valence-corrected chi connectivity index (χ4v) is 2.66. The molecule has 3 aromatic rings. The highest BCUT2D eigenvalue weighted by atomic mass is 32.2. The Bertz CT molecular complexity index is 754. The minimum absolute atomic E-state index is 0.761. The highest BCUT2D eigenvalue weighted by Crippen LogP contribution is 2.26. The molecule has 0 bridgehead atoms. The molecule has 1 aromatic heterocycles. The number of hydrogen-bond donors (Lipinski definition) is 1. The van der Waals surface area contributed by atoms with Crippen molar-refractivity contribution in [3.63, 3.8) is 0 Å². The summed E-state index contributed by atoms with van der Waals surface area (Å²) in [6, 6.07) is 16.4. The van der Waals surface area contributed by atoms with E-state index in [1.54, 1.807) is 11.8 Å². The third-order valence-corrected chi connectivity index (χ3v) is 4.04. The Hall–Kier alpha value is -2.07. The van der Waals surface area contributed by atoms with Crippen LogP contribution in [0.2, 0.25) is 0 Å². The molecule has 0 spiro atoms. The van der Waals surface area contributed by atoms with E-state index in [1.165, 1.54) is 4.90 Å². The van der Waals surface area contributed by atoms with Gasteiger partial charge in [-0.25, -0.2) is 9.97 Å². The van der Waals surface area contributed by atoms with Crippen molar-refractivity contribution < 1.29 is 0 Å². The molecule has 0 aliphatic carbocycles. The monoisotopic (exact) mass is 295 g/mol. The number of rotatable bonds is 4. The van der Waals surface area contributed by atoms with Crippen molar-refractivity contribution in [2.75, 3.05) is 18.1 Å². The van der Waals surface area contributed by atoms with Crippen molar-refractivity contribution in [3.05, 3.63) is 48.5 Å². The van der Waals surface area contributed by atoms with Gasteiger partial charge in [-0.2, -0.15) is 0 Å². The Morgan fingerprint density at radius 1 is 1.00 bits per heavy atom. The quantitative estimate of drug-likeness (QED) is 0.722. The minimum Gasteiger partial charge on any atom is -0.370 e. The van der Waals surface area contributed by atoms with Gasteiger partial charge in [-0.15, -0.1) is 11.8 Å². The van der Waals surface area contributed by atoms with Crippen LogP contribution < -0.4 is 5.32 Å². The summed E-state index contributed by atoms with van der Waals surface area (Å²) in [6.45, 7) is 2.91. The number of para-hydroxylation sites is 1. The number of anilines is 1. The topological polar surface area (TPSA) is 37.8 Å². The summed E-state index contributed by atoms with van der Waals surface area (Å²) in [4.78, 5) is 10.6.